The third-order valence-corrected chi connectivity index (χ3v) is 4.98. The highest BCUT2D eigenvalue weighted by Crippen LogP contribution is 2.35. The van der Waals surface area contributed by atoms with E-state index in [0.717, 1.165) is 10.4 Å². The van der Waals surface area contributed by atoms with Gasteiger partial charge < -0.3 is 5.11 Å². The predicted molar refractivity (Wildman–Crippen MR) is 77.4 cm³/mol. The first-order valence-corrected chi connectivity index (χ1v) is 8.09. The Labute approximate surface area is 128 Å². The van der Waals surface area contributed by atoms with E-state index >= 15 is 0 Å². The molecule has 0 aliphatic rings. The summed E-state index contributed by atoms with van der Waals surface area (Å²) in [5.41, 5.74) is 0. The molecule has 0 saturated heterocycles. The summed E-state index contributed by atoms with van der Waals surface area (Å²) in [4.78, 5) is -0.346. The molecule has 0 radical (unpaired) electrons. The Kier molecular flexibility index (Phi) is 6.08. The Bertz CT molecular complexity index is 626. The van der Waals surface area contributed by atoms with E-state index in [9.17, 15) is 13.5 Å². The highest BCUT2D eigenvalue weighted by Gasteiger charge is 2.28. The topological polar surface area (TPSA) is 81.4 Å². The fraction of sp³-hybridized carbons (Fsp3) is 0.417. The highest BCUT2D eigenvalue weighted by atomic mass is 35.5. The van der Waals surface area contributed by atoms with Gasteiger partial charge in [0, 0.05) is 24.5 Å². The van der Waals surface area contributed by atoms with Gasteiger partial charge in [0.1, 0.15) is 4.90 Å². The summed E-state index contributed by atoms with van der Waals surface area (Å²) >= 11 is 11.5. The van der Waals surface area contributed by atoms with Crippen molar-refractivity contribution in [1.29, 1.82) is 5.26 Å². The second-order valence-corrected chi connectivity index (χ2v) is 6.80. The predicted octanol–water partition coefficient (Wildman–Crippen LogP) is 3.01. The van der Waals surface area contributed by atoms with E-state index in [2.05, 4.69) is 0 Å². The highest BCUT2D eigenvalue weighted by molar-refractivity contribution is 7.89. The van der Waals surface area contributed by atoms with Crippen LogP contribution in [0.15, 0.2) is 17.0 Å². The molecule has 0 aliphatic heterocycles. The van der Waals surface area contributed by atoms with Gasteiger partial charge in [-0.25, -0.2) is 8.42 Å². The van der Waals surface area contributed by atoms with Gasteiger partial charge in [-0.1, -0.05) is 30.1 Å². The number of rotatable bonds is 6. The molecule has 0 saturated carbocycles. The molecule has 1 aromatic carbocycles. The fourth-order valence-electron chi connectivity index (χ4n) is 1.65. The van der Waals surface area contributed by atoms with Crippen molar-refractivity contribution in [3.05, 3.63) is 22.2 Å². The van der Waals surface area contributed by atoms with Gasteiger partial charge >= 0.3 is 0 Å². The average Bonchev–Trinajstić information content (AvgIpc) is 2.38. The summed E-state index contributed by atoms with van der Waals surface area (Å²) < 4.78 is 26.1. The molecule has 0 unspecified atom stereocenters. The van der Waals surface area contributed by atoms with Crippen LogP contribution in [-0.2, 0) is 10.0 Å². The number of hydrogen-bond acceptors (Lipinski definition) is 4. The molecule has 1 rings (SSSR count). The molecule has 1 N–H and O–H groups in total. The molecule has 0 atom stereocenters. The van der Waals surface area contributed by atoms with Gasteiger partial charge in [0.2, 0.25) is 10.0 Å². The van der Waals surface area contributed by atoms with Crippen LogP contribution in [-0.4, -0.2) is 30.9 Å². The Morgan fingerprint density at radius 1 is 1.35 bits per heavy atom. The minimum atomic E-state index is -3.95. The van der Waals surface area contributed by atoms with Crippen molar-refractivity contribution in [3.63, 3.8) is 0 Å². The zero-order valence-electron chi connectivity index (χ0n) is 10.8. The molecular formula is C12H14Cl2N2O3S. The maximum Gasteiger partial charge on any atom is 0.246 e. The summed E-state index contributed by atoms with van der Waals surface area (Å²) in [6.07, 6.45) is 0.647. The Hall–Kier alpha value is -1.00. The quantitative estimate of drug-likeness (QED) is 0.865. The van der Waals surface area contributed by atoms with Crippen molar-refractivity contribution in [1.82, 2.24) is 4.31 Å². The summed E-state index contributed by atoms with van der Waals surface area (Å²) in [6, 6.07) is 4.30. The van der Waals surface area contributed by atoms with Gasteiger partial charge in [0.15, 0.2) is 5.75 Å². The lowest BCUT2D eigenvalue weighted by Crippen LogP contribution is -2.32. The second kappa shape index (κ2) is 7.14. The minimum absolute atomic E-state index is 0.0518. The van der Waals surface area contributed by atoms with Crippen molar-refractivity contribution in [2.45, 2.75) is 24.7 Å². The molecule has 0 bridgehead atoms. The molecule has 20 heavy (non-hydrogen) atoms. The largest absolute Gasteiger partial charge is 0.505 e. The molecule has 0 amide bonds. The number of nitriles is 1. The van der Waals surface area contributed by atoms with Crippen LogP contribution in [0.2, 0.25) is 10.0 Å². The van der Waals surface area contributed by atoms with E-state index in [1.165, 1.54) is 6.07 Å². The number of aromatic hydroxyl groups is 1. The molecule has 0 spiro atoms. The third kappa shape index (κ3) is 3.76. The number of phenols is 1. The van der Waals surface area contributed by atoms with Gasteiger partial charge in [-0.05, 0) is 18.6 Å². The van der Waals surface area contributed by atoms with Crippen molar-refractivity contribution in [3.8, 4) is 11.8 Å². The summed E-state index contributed by atoms with van der Waals surface area (Å²) in [5.74, 6) is -0.533. The van der Waals surface area contributed by atoms with Gasteiger partial charge in [-0.2, -0.15) is 9.57 Å². The first-order chi connectivity index (χ1) is 9.34. The Morgan fingerprint density at radius 2 is 2.00 bits per heavy atom. The van der Waals surface area contributed by atoms with Crippen molar-refractivity contribution < 1.29 is 13.5 Å². The van der Waals surface area contributed by atoms with Gasteiger partial charge in [-0.15, -0.1) is 0 Å². The van der Waals surface area contributed by atoms with Crippen molar-refractivity contribution in [2.24, 2.45) is 0 Å². The maximum atomic E-state index is 12.5. The van der Waals surface area contributed by atoms with Crippen LogP contribution in [0, 0.1) is 11.3 Å². The lowest BCUT2D eigenvalue weighted by Gasteiger charge is -2.21. The number of sulfonamides is 1. The second-order valence-electron chi connectivity index (χ2n) is 4.05. The lowest BCUT2D eigenvalue weighted by molar-refractivity contribution is 0.409. The van der Waals surface area contributed by atoms with E-state index in [1.807, 2.05) is 13.0 Å². The van der Waals surface area contributed by atoms with E-state index in [0.29, 0.717) is 6.42 Å². The lowest BCUT2D eigenvalue weighted by atomic mass is 10.3. The molecular weight excluding hydrogens is 323 g/mol. The van der Waals surface area contributed by atoms with Gasteiger partial charge in [-0.3, -0.25) is 0 Å². The standard InChI is InChI=1S/C12H14Cl2N2O3S/c1-2-5-16(6-3-4-15)20(18,19)11-8-9(13)7-10(14)12(11)17/h7-8,17H,2-3,5-6H2,1H3. The van der Waals surface area contributed by atoms with Crippen LogP contribution in [0.25, 0.3) is 0 Å². The molecule has 110 valence electrons. The summed E-state index contributed by atoms with van der Waals surface area (Å²) in [7, 11) is -3.95. The smallest absolute Gasteiger partial charge is 0.246 e. The molecule has 5 nitrogen and oxygen atoms in total. The van der Waals surface area contributed by atoms with E-state index in [-0.39, 0.29) is 34.5 Å². The van der Waals surface area contributed by atoms with Crippen LogP contribution < -0.4 is 0 Å². The van der Waals surface area contributed by atoms with E-state index < -0.39 is 15.8 Å². The molecule has 0 aromatic heterocycles. The fourth-order valence-corrected chi connectivity index (χ4v) is 3.93. The van der Waals surface area contributed by atoms with Crippen LogP contribution in [0.5, 0.6) is 5.75 Å². The summed E-state index contributed by atoms with van der Waals surface area (Å²) in [5, 5.41) is 18.4. The minimum Gasteiger partial charge on any atom is -0.505 e. The van der Waals surface area contributed by atoms with Gasteiger partial charge in [0.05, 0.1) is 11.1 Å². The molecule has 0 heterocycles. The van der Waals surface area contributed by atoms with Crippen LogP contribution in [0.1, 0.15) is 19.8 Å². The van der Waals surface area contributed by atoms with Gasteiger partial charge in [0.25, 0.3) is 0 Å². The normalized spacial score (nSPS) is 11.6. The third-order valence-electron chi connectivity index (χ3n) is 2.56. The van der Waals surface area contributed by atoms with Crippen molar-refractivity contribution in [2.75, 3.05) is 13.1 Å². The number of phenolic OH excluding ortho intramolecular Hbond substituents is 1. The van der Waals surface area contributed by atoms with Crippen LogP contribution >= 0.6 is 23.2 Å². The van der Waals surface area contributed by atoms with Crippen LogP contribution in [0.3, 0.4) is 0 Å². The Morgan fingerprint density at radius 3 is 2.55 bits per heavy atom. The zero-order chi connectivity index (χ0) is 15.3. The van der Waals surface area contributed by atoms with Crippen molar-refractivity contribution >= 4 is 33.2 Å². The number of halogens is 2. The number of nitrogens with zero attached hydrogens (tertiary/aromatic N) is 2. The van der Waals surface area contributed by atoms with Crippen LogP contribution in [0.4, 0.5) is 0 Å². The molecule has 0 fully saturated rings. The average molecular weight is 337 g/mol. The number of hydrogen-bond donors (Lipinski definition) is 1. The monoisotopic (exact) mass is 336 g/mol. The SMILES string of the molecule is CCCN(CCC#N)S(=O)(=O)c1cc(Cl)cc(Cl)c1O. The first-order valence-electron chi connectivity index (χ1n) is 5.89. The maximum absolute atomic E-state index is 12.5. The Balaban J connectivity index is 3.29. The van der Waals surface area contributed by atoms with E-state index in [4.69, 9.17) is 28.5 Å². The zero-order valence-corrected chi connectivity index (χ0v) is 13.1. The first kappa shape index (κ1) is 17.1. The van der Waals surface area contributed by atoms with E-state index in [1.54, 1.807) is 0 Å². The molecule has 0 aliphatic carbocycles. The molecule has 8 heteroatoms. The summed E-state index contributed by atoms with van der Waals surface area (Å²) in [6.45, 7) is 2.11. The number of benzene rings is 1. The molecule has 1 aromatic rings.